The van der Waals surface area contributed by atoms with Gasteiger partial charge < -0.3 is 15.2 Å². The largest absolute Gasteiger partial charge is 0.478 e. The summed E-state index contributed by atoms with van der Waals surface area (Å²) in [6.45, 7) is 4.18. The molecule has 4 heteroatoms. The van der Waals surface area contributed by atoms with Crippen molar-refractivity contribution in [3.8, 4) is 0 Å². The molecule has 0 amide bonds. The first-order chi connectivity index (χ1) is 8.61. The van der Waals surface area contributed by atoms with Gasteiger partial charge in [-0.05, 0) is 31.4 Å². The summed E-state index contributed by atoms with van der Waals surface area (Å²) >= 11 is 0. The van der Waals surface area contributed by atoms with Crippen molar-refractivity contribution in [1.82, 2.24) is 5.32 Å². The lowest BCUT2D eigenvalue weighted by atomic mass is 9.94. The Kier molecular flexibility index (Phi) is 3.99. The molecule has 1 aliphatic rings. The zero-order valence-corrected chi connectivity index (χ0v) is 10.6. The average Bonchev–Trinajstić information content (AvgIpc) is 2.38. The van der Waals surface area contributed by atoms with Gasteiger partial charge in [-0.25, -0.2) is 4.79 Å². The number of benzene rings is 1. The smallest absolute Gasteiger partial charge is 0.336 e. The average molecular weight is 249 g/mol. The lowest BCUT2D eigenvalue weighted by Crippen LogP contribution is -2.48. The summed E-state index contributed by atoms with van der Waals surface area (Å²) in [6.07, 6.45) is 2.10. The molecule has 18 heavy (non-hydrogen) atoms. The van der Waals surface area contributed by atoms with Gasteiger partial charge in [0.25, 0.3) is 0 Å². The number of ether oxygens (including phenoxy) is 1. The van der Waals surface area contributed by atoms with E-state index in [4.69, 9.17) is 9.84 Å². The van der Waals surface area contributed by atoms with Gasteiger partial charge in [0.05, 0.1) is 12.2 Å². The Hall–Kier alpha value is -1.39. The number of carbonyl (C=O) groups is 1. The molecule has 0 spiro atoms. The van der Waals surface area contributed by atoms with Crippen LogP contribution in [-0.4, -0.2) is 29.8 Å². The maximum absolute atomic E-state index is 11.1. The van der Waals surface area contributed by atoms with E-state index in [0.717, 1.165) is 25.0 Å². The number of aromatic carboxylic acids is 1. The van der Waals surface area contributed by atoms with Crippen molar-refractivity contribution in [3.05, 3.63) is 35.4 Å². The first-order valence-electron chi connectivity index (χ1n) is 6.25. The van der Waals surface area contributed by atoms with E-state index >= 15 is 0 Å². The minimum absolute atomic E-state index is 0.0517. The van der Waals surface area contributed by atoms with Gasteiger partial charge in [-0.2, -0.15) is 0 Å². The number of nitrogens with one attached hydrogen (secondary N) is 1. The van der Waals surface area contributed by atoms with E-state index in [9.17, 15) is 4.79 Å². The molecule has 0 saturated carbocycles. The minimum atomic E-state index is -0.877. The number of hydrogen-bond donors (Lipinski definition) is 2. The normalized spacial score (nSPS) is 23.8. The van der Waals surface area contributed by atoms with E-state index in [1.165, 1.54) is 0 Å². The van der Waals surface area contributed by atoms with E-state index in [-0.39, 0.29) is 5.54 Å². The number of carboxylic acid groups (broad SMARTS) is 1. The number of carboxylic acids is 1. The molecule has 1 saturated heterocycles. The second-order valence-electron chi connectivity index (χ2n) is 5.03. The second kappa shape index (κ2) is 5.50. The summed E-state index contributed by atoms with van der Waals surface area (Å²) in [5, 5.41) is 12.5. The first-order valence-corrected chi connectivity index (χ1v) is 6.25. The second-order valence-corrected chi connectivity index (χ2v) is 5.03. The number of rotatable bonds is 4. The summed E-state index contributed by atoms with van der Waals surface area (Å²) in [6, 6.07) is 7.10. The van der Waals surface area contributed by atoms with E-state index in [0.29, 0.717) is 18.7 Å². The van der Waals surface area contributed by atoms with Gasteiger partial charge in [0.2, 0.25) is 0 Å². The fourth-order valence-electron chi connectivity index (χ4n) is 2.27. The highest BCUT2D eigenvalue weighted by molar-refractivity contribution is 5.89. The Morgan fingerprint density at radius 2 is 2.28 bits per heavy atom. The van der Waals surface area contributed by atoms with Gasteiger partial charge in [0.15, 0.2) is 0 Å². The van der Waals surface area contributed by atoms with Crippen LogP contribution in [0.4, 0.5) is 0 Å². The highest BCUT2D eigenvalue weighted by Crippen LogP contribution is 2.19. The van der Waals surface area contributed by atoms with Crippen molar-refractivity contribution in [2.45, 2.75) is 31.8 Å². The molecular formula is C14H19NO3. The fraction of sp³-hybridized carbons (Fsp3) is 0.500. The van der Waals surface area contributed by atoms with E-state index in [2.05, 4.69) is 12.2 Å². The van der Waals surface area contributed by atoms with Gasteiger partial charge in [-0.3, -0.25) is 0 Å². The molecule has 2 rings (SSSR count). The highest BCUT2D eigenvalue weighted by Gasteiger charge is 2.27. The van der Waals surface area contributed by atoms with Crippen molar-refractivity contribution in [2.75, 3.05) is 13.2 Å². The van der Waals surface area contributed by atoms with E-state index in [1.807, 2.05) is 12.1 Å². The maximum Gasteiger partial charge on any atom is 0.336 e. The molecule has 1 aliphatic heterocycles. The quantitative estimate of drug-likeness (QED) is 0.857. The van der Waals surface area contributed by atoms with Gasteiger partial charge in [0, 0.05) is 18.7 Å². The Labute approximate surface area is 107 Å². The summed E-state index contributed by atoms with van der Waals surface area (Å²) in [5.74, 6) is -0.877. The number of hydrogen-bond acceptors (Lipinski definition) is 3. The molecule has 0 radical (unpaired) electrons. The summed E-state index contributed by atoms with van der Waals surface area (Å²) < 4.78 is 5.47. The van der Waals surface area contributed by atoms with E-state index < -0.39 is 5.97 Å². The zero-order chi connectivity index (χ0) is 13.0. The Morgan fingerprint density at radius 3 is 2.94 bits per heavy atom. The van der Waals surface area contributed by atoms with Crippen molar-refractivity contribution in [3.63, 3.8) is 0 Å². The molecule has 98 valence electrons. The van der Waals surface area contributed by atoms with Crippen LogP contribution in [0, 0.1) is 0 Å². The van der Waals surface area contributed by atoms with Crippen LogP contribution in [0.5, 0.6) is 0 Å². The Balaban J connectivity index is 2.03. The molecule has 1 atom stereocenters. The zero-order valence-electron chi connectivity index (χ0n) is 10.6. The molecule has 2 N–H and O–H groups in total. The third-order valence-electron chi connectivity index (χ3n) is 3.39. The topological polar surface area (TPSA) is 58.6 Å². The van der Waals surface area contributed by atoms with Crippen LogP contribution in [0.2, 0.25) is 0 Å². The molecule has 0 aliphatic carbocycles. The third-order valence-corrected chi connectivity index (χ3v) is 3.39. The van der Waals surface area contributed by atoms with Crippen LogP contribution in [-0.2, 0) is 11.3 Å². The van der Waals surface area contributed by atoms with Gasteiger partial charge in [-0.15, -0.1) is 0 Å². The Bertz CT molecular complexity index is 425. The predicted molar refractivity (Wildman–Crippen MR) is 68.7 cm³/mol. The van der Waals surface area contributed by atoms with Crippen molar-refractivity contribution in [2.24, 2.45) is 0 Å². The van der Waals surface area contributed by atoms with Gasteiger partial charge >= 0.3 is 5.97 Å². The summed E-state index contributed by atoms with van der Waals surface area (Å²) in [4.78, 5) is 11.1. The summed E-state index contributed by atoms with van der Waals surface area (Å²) in [7, 11) is 0. The molecular weight excluding hydrogens is 230 g/mol. The maximum atomic E-state index is 11.1. The molecule has 1 aromatic rings. The van der Waals surface area contributed by atoms with Crippen LogP contribution >= 0.6 is 0 Å². The van der Waals surface area contributed by atoms with Crippen molar-refractivity contribution >= 4 is 5.97 Å². The molecule has 1 aromatic carbocycles. The SMILES string of the molecule is CC1(NCc2ccccc2C(=O)O)CCCOC1. The van der Waals surface area contributed by atoms with Crippen LogP contribution in [0.3, 0.4) is 0 Å². The standard InChI is InChI=1S/C14H19NO3/c1-14(7-4-8-18-10-14)15-9-11-5-2-3-6-12(11)13(16)17/h2-3,5-6,15H,4,7-10H2,1H3,(H,16,17). The molecule has 1 unspecified atom stereocenters. The lowest BCUT2D eigenvalue weighted by molar-refractivity contribution is 0.0277. The monoisotopic (exact) mass is 249 g/mol. The van der Waals surface area contributed by atoms with Gasteiger partial charge in [-0.1, -0.05) is 18.2 Å². The van der Waals surface area contributed by atoms with Gasteiger partial charge in [0.1, 0.15) is 0 Å². The predicted octanol–water partition coefficient (Wildman–Crippen LogP) is 2.04. The molecule has 4 nitrogen and oxygen atoms in total. The molecule has 0 aromatic heterocycles. The van der Waals surface area contributed by atoms with Crippen molar-refractivity contribution < 1.29 is 14.6 Å². The van der Waals surface area contributed by atoms with Crippen LogP contribution in [0.25, 0.3) is 0 Å². The molecule has 0 bridgehead atoms. The van der Waals surface area contributed by atoms with Crippen LogP contribution in [0.1, 0.15) is 35.7 Å². The fourth-order valence-corrected chi connectivity index (χ4v) is 2.27. The van der Waals surface area contributed by atoms with Crippen LogP contribution < -0.4 is 5.32 Å². The summed E-state index contributed by atoms with van der Waals surface area (Å²) in [5.41, 5.74) is 1.13. The third kappa shape index (κ3) is 3.09. The lowest BCUT2D eigenvalue weighted by Gasteiger charge is -2.34. The minimum Gasteiger partial charge on any atom is -0.478 e. The molecule has 1 heterocycles. The first kappa shape index (κ1) is 13.1. The Morgan fingerprint density at radius 1 is 1.50 bits per heavy atom. The van der Waals surface area contributed by atoms with Crippen molar-refractivity contribution in [1.29, 1.82) is 0 Å². The van der Waals surface area contributed by atoms with Crippen LogP contribution in [0.15, 0.2) is 24.3 Å². The molecule has 1 fully saturated rings. The highest BCUT2D eigenvalue weighted by atomic mass is 16.5. The van der Waals surface area contributed by atoms with E-state index in [1.54, 1.807) is 12.1 Å².